The van der Waals surface area contributed by atoms with Gasteiger partial charge in [-0.25, -0.2) is 4.79 Å². The summed E-state index contributed by atoms with van der Waals surface area (Å²) < 4.78 is 5.43. The Balaban J connectivity index is 1.99. The zero-order valence-electron chi connectivity index (χ0n) is 14.5. The molecule has 1 heterocycles. The summed E-state index contributed by atoms with van der Waals surface area (Å²) in [7, 11) is 0. The van der Waals surface area contributed by atoms with Crippen LogP contribution in [0.2, 0.25) is 0 Å². The summed E-state index contributed by atoms with van der Waals surface area (Å²) in [6, 6.07) is 12.6. The Bertz CT molecular complexity index is 825. The van der Waals surface area contributed by atoms with Crippen LogP contribution in [-0.2, 0) is 17.8 Å². The number of carbonyl (C=O) groups excluding carboxylic acids is 1. The van der Waals surface area contributed by atoms with Crippen LogP contribution < -0.4 is 0 Å². The van der Waals surface area contributed by atoms with E-state index < -0.39 is 16.6 Å². The van der Waals surface area contributed by atoms with Crippen molar-refractivity contribution >= 4 is 11.8 Å². The SMILES string of the molecule is CC(C)(C)OC(=O)N1Cc2cc([N+](=O)[O-])cc(-c3ccccc3)c2C1. The number of rotatable bonds is 2. The Morgan fingerprint density at radius 3 is 2.44 bits per heavy atom. The molecule has 3 rings (SSSR count). The van der Waals surface area contributed by atoms with E-state index in [0.717, 1.165) is 22.3 Å². The molecule has 0 saturated carbocycles. The molecule has 0 bridgehead atoms. The van der Waals surface area contributed by atoms with E-state index in [9.17, 15) is 14.9 Å². The third-order valence-electron chi connectivity index (χ3n) is 3.98. The molecule has 25 heavy (non-hydrogen) atoms. The first kappa shape index (κ1) is 17.0. The highest BCUT2D eigenvalue weighted by Crippen LogP contribution is 2.36. The second-order valence-electron chi connectivity index (χ2n) is 7.09. The van der Waals surface area contributed by atoms with Crippen molar-refractivity contribution in [1.29, 1.82) is 0 Å². The molecular weight excluding hydrogens is 320 g/mol. The summed E-state index contributed by atoms with van der Waals surface area (Å²) in [5, 5.41) is 11.3. The molecule has 0 unspecified atom stereocenters. The van der Waals surface area contributed by atoms with Crippen LogP contribution in [0.5, 0.6) is 0 Å². The third kappa shape index (κ3) is 3.63. The fourth-order valence-electron chi connectivity index (χ4n) is 2.93. The molecule has 0 N–H and O–H groups in total. The van der Waals surface area contributed by atoms with Gasteiger partial charge >= 0.3 is 6.09 Å². The van der Waals surface area contributed by atoms with Gasteiger partial charge in [0.15, 0.2) is 0 Å². The highest BCUT2D eigenvalue weighted by atomic mass is 16.6. The maximum Gasteiger partial charge on any atom is 0.410 e. The van der Waals surface area contributed by atoms with Crippen molar-refractivity contribution in [3.63, 3.8) is 0 Å². The Morgan fingerprint density at radius 2 is 1.84 bits per heavy atom. The van der Waals surface area contributed by atoms with Gasteiger partial charge in [0.2, 0.25) is 0 Å². The van der Waals surface area contributed by atoms with Crippen LogP contribution in [0, 0.1) is 10.1 Å². The molecule has 0 atom stereocenters. The molecule has 0 aromatic heterocycles. The summed E-state index contributed by atoms with van der Waals surface area (Å²) in [5.41, 5.74) is 2.86. The van der Waals surface area contributed by atoms with Gasteiger partial charge in [-0.2, -0.15) is 0 Å². The summed E-state index contributed by atoms with van der Waals surface area (Å²) in [6.07, 6.45) is -0.412. The minimum Gasteiger partial charge on any atom is -0.444 e. The molecule has 1 amide bonds. The first-order valence-corrected chi connectivity index (χ1v) is 8.08. The fraction of sp³-hybridized carbons (Fsp3) is 0.316. The predicted octanol–water partition coefficient (Wildman–Crippen LogP) is 4.51. The van der Waals surface area contributed by atoms with Crippen molar-refractivity contribution in [2.24, 2.45) is 0 Å². The lowest BCUT2D eigenvalue weighted by Crippen LogP contribution is -2.33. The number of nitro groups is 1. The first-order valence-electron chi connectivity index (χ1n) is 8.08. The van der Waals surface area contributed by atoms with E-state index in [1.807, 2.05) is 51.1 Å². The highest BCUT2D eigenvalue weighted by molar-refractivity contribution is 5.75. The van der Waals surface area contributed by atoms with Crippen LogP contribution in [0.1, 0.15) is 31.9 Å². The maximum atomic E-state index is 12.4. The van der Waals surface area contributed by atoms with E-state index in [0.29, 0.717) is 13.1 Å². The van der Waals surface area contributed by atoms with Gasteiger partial charge < -0.3 is 4.74 Å². The molecule has 1 aliphatic rings. The quantitative estimate of drug-likeness (QED) is 0.595. The van der Waals surface area contributed by atoms with Crippen LogP contribution >= 0.6 is 0 Å². The number of carbonyl (C=O) groups is 1. The zero-order chi connectivity index (χ0) is 18.2. The van der Waals surface area contributed by atoms with E-state index in [1.54, 1.807) is 17.0 Å². The number of non-ortho nitro benzene ring substituents is 1. The van der Waals surface area contributed by atoms with Crippen molar-refractivity contribution in [1.82, 2.24) is 4.90 Å². The van der Waals surface area contributed by atoms with Gasteiger partial charge in [-0.3, -0.25) is 15.0 Å². The minimum absolute atomic E-state index is 0.0311. The molecule has 0 aliphatic carbocycles. The Hall–Kier alpha value is -2.89. The van der Waals surface area contributed by atoms with E-state index in [2.05, 4.69) is 0 Å². The number of benzene rings is 2. The molecule has 0 spiro atoms. The number of hydrogen-bond acceptors (Lipinski definition) is 4. The maximum absolute atomic E-state index is 12.4. The van der Waals surface area contributed by atoms with Crippen LogP contribution in [0.15, 0.2) is 42.5 Å². The van der Waals surface area contributed by atoms with E-state index >= 15 is 0 Å². The number of ether oxygens (including phenoxy) is 1. The smallest absolute Gasteiger partial charge is 0.410 e. The zero-order valence-corrected chi connectivity index (χ0v) is 14.5. The van der Waals surface area contributed by atoms with E-state index in [4.69, 9.17) is 4.74 Å². The number of nitro benzene ring substituents is 1. The van der Waals surface area contributed by atoms with E-state index in [1.165, 1.54) is 0 Å². The lowest BCUT2D eigenvalue weighted by molar-refractivity contribution is -0.384. The monoisotopic (exact) mass is 340 g/mol. The molecular formula is C19H20N2O4. The van der Waals surface area contributed by atoms with Crippen molar-refractivity contribution in [3.8, 4) is 11.1 Å². The number of fused-ring (bicyclic) bond motifs is 1. The summed E-state index contributed by atoms with van der Waals surface area (Å²) in [6.45, 7) is 6.13. The van der Waals surface area contributed by atoms with Crippen molar-refractivity contribution in [3.05, 3.63) is 63.7 Å². The third-order valence-corrected chi connectivity index (χ3v) is 3.98. The molecule has 130 valence electrons. The van der Waals surface area contributed by atoms with Crippen LogP contribution in [0.25, 0.3) is 11.1 Å². The molecule has 1 aliphatic heterocycles. The summed E-state index contributed by atoms with van der Waals surface area (Å²) in [5.74, 6) is 0. The normalized spacial score (nSPS) is 13.5. The Labute approximate surface area is 146 Å². The standard InChI is InChI=1S/C19H20N2O4/c1-19(2,3)25-18(22)20-11-14-9-15(21(23)24)10-16(17(14)12-20)13-7-5-4-6-8-13/h4-10H,11-12H2,1-3H3. The second-order valence-corrected chi connectivity index (χ2v) is 7.09. The highest BCUT2D eigenvalue weighted by Gasteiger charge is 2.31. The Morgan fingerprint density at radius 1 is 1.16 bits per heavy atom. The molecule has 6 heteroatoms. The molecule has 0 saturated heterocycles. The molecule has 2 aromatic rings. The molecule has 0 fully saturated rings. The van der Waals surface area contributed by atoms with Gasteiger partial charge in [0.25, 0.3) is 5.69 Å². The second kappa shape index (κ2) is 6.20. The van der Waals surface area contributed by atoms with Gasteiger partial charge in [0, 0.05) is 18.7 Å². The Kier molecular flexibility index (Phi) is 4.20. The van der Waals surface area contributed by atoms with Crippen LogP contribution in [-0.4, -0.2) is 21.5 Å². The molecule has 0 radical (unpaired) electrons. The van der Waals surface area contributed by atoms with Gasteiger partial charge in [-0.1, -0.05) is 30.3 Å². The van der Waals surface area contributed by atoms with Crippen molar-refractivity contribution < 1.29 is 14.5 Å². The molecule has 2 aromatic carbocycles. The minimum atomic E-state index is -0.583. The van der Waals surface area contributed by atoms with E-state index in [-0.39, 0.29) is 5.69 Å². The van der Waals surface area contributed by atoms with Gasteiger partial charge in [-0.05, 0) is 43.0 Å². The number of amides is 1. The summed E-state index contributed by atoms with van der Waals surface area (Å²) >= 11 is 0. The van der Waals surface area contributed by atoms with Crippen LogP contribution in [0.3, 0.4) is 0 Å². The predicted molar refractivity (Wildman–Crippen MR) is 94.0 cm³/mol. The lowest BCUT2D eigenvalue weighted by Gasteiger charge is -2.24. The topological polar surface area (TPSA) is 72.7 Å². The lowest BCUT2D eigenvalue weighted by atomic mass is 9.96. The van der Waals surface area contributed by atoms with Crippen LogP contribution in [0.4, 0.5) is 10.5 Å². The fourth-order valence-corrected chi connectivity index (χ4v) is 2.93. The van der Waals surface area contributed by atoms with Crippen molar-refractivity contribution in [2.45, 2.75) is 39.5 Å². The largest absolute Gasteiger partial charge is 0.444 e. The van der Waals surface area contributed by atoms with Gasteiger partial charge in [0.1, 0.15) is 5.60 Å². The average Bonchev–Trinajstić information content (AvgIpc) is 2.97. The van der Waals surface area contributed by atoms with Gasteiger partial charge in [-0.15, -0.1) is 0 Å². The molecule has 6 nitrogen and oxygen atoms in total. The first-order chi connectivity index (χ1) is 11.7. The average molecular weight is 340 g/mol. The number of hydrogen-bond donors (Lipinski definition) is 0. The van der Waals surface area contributed by atoms with Crippen molar-refractivity contribution in [2.75, 3.05) is 0 Å². The number of nitrogens with zero attached hydrogens (tertiary/aromatic N) is 2. The summed E-state index contributed by atoms with van der Waals surface area (Å²) in [4.78, 5) is 24.8. The van der Waals surface area contributed by atoms with Gasteiger partial charge in [0.05, 0.1) is 11.5 Å².